The highest BCUT2D eigenvalue weighted by atomic mass is 16.5. The van der Waals surface area contributed by atoms with Crippen LogP contribution in [0.2, 0.25) is 0 Å². The predicted molar refractivity (Wildman–Crippen MR) is 92.6 cm³/mol. The lowest BCUT2D eigenvalue weighted by molar-refractivity contribution is 0.0443. The van der Waals surface area contributed by atoms with Crippen molar-refractivity contribution in [3.63, 3.8) is 0 Å². The number of ether oxygens (including phenoxy) is 2. The second-order valence-electron chi connectivity index (χ2n) is 5.60. The van der Waals surface area contributed by atoms with Gasteiger partial charge in [-0.05, 0) is 25.1 Å². The van der Waals surface area contributed by atoms with Crippen LogP contribution < -0.4 is 5.43 Å². The molecule has 2 heterocycles. The molecule has 6 nitrogen and oxygen atoms in total. The SMILES string of the molecule is CCOC(=O)c1cc(=O)c2ccc(C#CCN3CCOCC3)cc2o1. The van der Waals surface area contributed by atoms with E-state index in [4.69, 9.17) is 13.9 Å². The number of morpholine rings is 1. The lowest BCUT2D eigenvalue weighted by Gasteiger charge is -2.24. The minimum atomic E-state index is -0.648. The Morgan fingerprint density at radius 3 is 2.84 bits per heavy atom. The van der Waals surface area contributed by atoms with E-state index < -0.39 is 5.97 Å². The molecule has 6 heteroatoms. The third kappa shape index (κ3) is 4.27. The van der Waals surface area contributed by atoms with Crippen molar-refractivity contribution in [2.45, 2.75) is 6.92 Å². The van der Waals surface area contributed by atoms with Crippen LogP contribution in [0.25, 0.3) is 11.0 Å². The number of esters is 1. The maximum atomic E-state index is 12.1. The molecular formula is C19H19NO5. The second kappa shape index (κ2) is 7.97. The number of hydrogen-bond acceptors (Lipinski definition) is 6. The molecule has 0 bridgehead atoms. The molecule has 1 aliphatic rings. The van der Waals surface area contributed by atoms with Crippen LogP contribution in [0.5, 0.6) is 0 Å². The number of carbonyl (C=O) groups excluding carboxylic acids is 1. The van der Waals surface area contributed by atoms with Crippen molar-refractivity contribution >= 4 is 16.9 Å². The van der Waals surface area contributed by atoms with Crippen LogP contribution in [0.4, 0.5) is 0 Å². The normalized spacial score (nSPS) is 14.8. The maximum absolute atomic E-state index is 12.1. The van der Waals surface area contributed by atoms with Crippen molar-refractivity contribution in [2.24, 2.45) is 0 Å². The summed E-state index contributed by atoms with van der Waals surface area (Å²) in [5.74, 6) is 5.44. The maximum Gasteiger partial charge on any atom is 0.374 e. The van der Waals surface area contributed by atoms with Gasteiger partial charge in [0.05, 0.1) is 31.8 Å². The zero-order valence-electron chi connectivity index (χ0n) is 14.0. The highest BCUT2D eigenvalue weighted by Crippen LogP contribution is 2.15. The van der Waals surface area contributed by atoms with Gasteiger partial charge >= 0.3 is 5.97 Å². The summed E-state index contributed by atoms with van der Waals surface area (Å²) in [4.78, 5) is 26.1. The van der Waals surface area contributed by atoms with Crippen molar-refractivity contribution in [3.05, 3.63) is 45.8 Å². The zero-order chi connectivity index (χ0) is 17.6. The molecule has 1 fully saturated rings. The number of carbonyl (C=O) groups is 1. The van der Waals surface area contributed by atoms with E-state index in [2.05, 4.69) is 16.7 Å². The average Bonchev–Trinajstić information content (AvgIpc) is 2.62. The highest BCUT2D eigenvalue weighted by molar-refractivity contribution is 5.89. The predicted octanol–water partition coefficient (Wildman–Crippen LogP) is 1.65. The van der Waals surface area contributed by atoms with E-state index in [-0.39, 0.29) is 17.8 Å². The Morgan fingerprint density at radius 1 is 1.28 bits per heavy atom. The van der Waals surface area contributed by atoms with Crippen molar-refractivity contribution in [3.8, 4) is 11.8 Å². The van der Waals surface area contributed by atoms with E-state index in [0.717, 1.165) is 37.9 Å². The Labute approximate surface area is 145 Å². The summed E-state index contributed by atoms with van der Waals surface area (Å²) in [6.45, 7) is 5.80. The molecule has 1 aromatic carbocycles. The summed E-state index contributed by atoms with van der Waals surface area (Å²) in [5.41, 5.74) is 0.774. The number of fused-ring (bicyclic) bond motifs is 1. The van der Waals surface area contributed by atoms with E-state index in [0.29, 0.717) is 17.5 Å². The fraction of sp³-hybridized carbons (Fsp3) is 0.368. The Kier molecular flexibility index (Phi) is 5.49. The highest BCUT2D eigenvalue weighted by Gasteiger charge is 2.13. The first-order chi connectivity index (χ1) is 12.2. The van der Waals surface area contributed by atoms with Gasteiger partial charge < -0.3 is 13.9 Å². The molecule has 0 aliphatic carbocycles. The molecule has 0 atom stereocenters. The van der Waals surface area contributed by atoms with Gasteiger partial charge in [-0.25, -0.2) is 4.79 Å². The van der Waals surface area contributed by atoms with Gasteiger partial charge in [-0.15, -0.1) is 0 Å². The quantitative estimate of drug-likeness (QED) is 0.625. The lowest BCUT2D eigenvalue weighted by Crippen LogP contribution is -2.36. The molecule has 130 valence electrons. The fourth-order valence-electron chi connectivity index (χ4n) is 2.55. The van der Waals surface area contributed by atoms with E-state index in [1.165, 1.54) is 0 Å². The lowest BCUT2D eigenvalue weighted by atomic mass is 10.1. The van der Waals surface area contributed by atoms with Gasteiger partial charge in [0.2, 0.25) is 5.76 Å². The first kappa shape index (κ1) is 17.2. The minimum absolute atomic E-state index is 0.0993. The molecule has 0 saturated carbocycles. The zero-order valence-corrected chi connectivity index (χ0v) is 14.0. The Morgan fingerprint density at radius 2 is 2.08 bits per heavy atom. The van der Waals surface area contributed by atoms with Gasteiger partial charge in [-0.3, -0.25) is 9.69 Å². The number of benzene rings is 1. The molecule has 1 saturated heterocycles. The number of nitrogens with zero attached hydrogens (tertiary/aromatic N) is 1. The molecule has 1 aliphatic heterocycles. The van der Waals surface area contributed by atoms with Crippen molar-refractivity contribution in [1.82, 2.24) is 4.90 Å². The van der Waals surface area contributed by atoms with E-state index in [1.54, 1.807) is 25.1 Å². The van der Waals surface area contributed by atoms with E-state index >= 15 is 0 Å². The van der Waals surface area contributed by atoms with Crippen LogP contribution in [-0.2, 0) is 9.47 Å². The van der Waals surface area contributed by atoms with Gasteiger partial charge in [0.15, 0.2) is 5.43 Å². The molecular weight excluding hydrogens is 322 g/mol. The van der Waals surface area contributed by atoms with Gasteiger partial charge in [0.1, 0.15) is 5.58 Å². The summed E-state index contributed by atoms with van der Waals surface area (Å²) in [5, 5.41) is 0.409. The first-order valence-corrected chi connectivity index (χ1v) is 8.21. The standard InChI is InChI=1S/C19H19NO5/c1-2-24-19(22)18-13-16(21)15-6-5-14(12-17(15)25-18)4-3-7-20-8-10-23-11-9-20/h5-6,12-13H,2,7-11H2,1H3. The second-order valence-corrected chi connectivity index (χ2v) is 5.60. The van der Waals surface area contributed by atoms with Gasteiger partial charge in [0, 0.05) is 24.7 Å². The molecule has 0 unspecified atom stereocenters. The van der Waals surface area contributed by atoms with Crippen LogP contribution in [0.1, 0.15) is 23.0 Å². The number of rotatable bonds is 3. The first-order valence-electron chi connectivity index (χ1n) is 8.21. The van der Waals surface area contributed by atoms with Gasteiger partial charge in [-0.1, -0.05) is 11.8 Å². The molecule has 3 rings (SSSR count). The molecule has 0 radical (unpaired) electrons. The van der Waals surface area contributed by atoms with Crippen LogP contribution in [0, 0.1) is 11.8 Å². The van der Waals surface area contributed by atoms with Crippen LogP contribution in [0.3, 0.4) is 0 Å². The average molecular weight is 341 g/mol. The molecule has 25 heavy (non-hydrogen) atoms. The summed E-state index contributed by atoms with van der Waals surface area (Å²) >= 11 is 0. The summed E-state index contributed by atoms with van der Waals surface area (Å²) in [7, 11) is 0. The third-order valence-corrected chi connectivity index (χ3v) is 3.84. The van der Waals surface area contributed by atoms with E-state index in [9.17, 15) is 9.59 Å². The van der Waals surface area contributed by atoms with Crippen molar-refractivity contribution < 1.29 is 18.7 Å². The molecule has 0 spiro atoms. The van der Waals surface area contributed by atoms with Gasteiger partial charge in [-0.2, -0.15) is 0 Å². The molecule has 0 amide bonds. The summed E-state index contributed by atoms with van der Waals surface area (Å²) < 4.78 is 15.7. The van der Waals surface area contributed by atoms with Crippen molar-refractivity contribution in [2.75, 3.05) is 39.5 Å². The Bertz CT molecular complexity index is 884. The summed E-state index contributed by atoms with van der Waals surface area (Å²) in [6, 6.07) is 6.26. The number of hydrogen-bond donors (Lipinski definition) is 0. The third-order valence-electron chi connectivity index (χ3n) is 3.84. The van der Waals surface area contributed by atoms with Gasteiger partial charge in [0.25, 0.3) is 0 Å². The topological polar surface area (TPSA) is 69.0 Å². The molecule has 0 N–H and O–H groups in total. The van der Waals surface area contributed by atoms with Crippen molar-refractivity contribution in [1.29, 1.82) is 0 Å². The Balaban J connectivity index is 1.83. The molecule has 1 aromatic heterocycles. The van der Waals surface area contributed by atoms with Crippen LogP contribution in [0.15, 0.2) is 33.5 Å². The Hall–Kier alpha value is -2.62. The van der Waals surface area contributed by atoms with Crippen LogP contribution in [-0.4, -0.2) is 50.3 Å². The monoisotopic (exact) mass is 341 g/mol. The smallest absolute Gasteiger partial charge is 0.374 e. The molecule has 2 aromatic rings. The summed E-state index contributed by atoms with van der Waals surface area (Å²) in [6.07, 6.45) is 0. The van der Waals surface area contributed by atoms with E-state index in [1.807, 2.05) is 0 Å². The van der Waals surface area contributed by atoms with Crippen LogP contribution >= 0.6 is 0 Å². The largest absolute Gasteiger partial charge is 0.460 e. The minimum Gasteiger partial charge on any atom is -0.460 e. The fourth-order valence-corrected chi connectivity index (χ4v) is 2.55.